The Bertz CT molecular complexity index is 999. The molecule has 1 aliphatic heterocycles. The molecule has 6 heteroatoms. The van der Waals surface area contributed by atoms with Crippen molar-refractivity contribution in [2.45, 2.75) is 32.7 Å². The Labute approximate surface area is 163 Å². The SMILES string of the molecule is Cc1ccc(C)c(C(=O)N2CCC[C@@H]2c2nc(-c3cccc(Cl)c3)no2)c1. The summed E-state index contributed by atoms with van der Waals surface area (Å²) >= 11 is 6.05. The number of likely N-dealkylation sites (tertiary alicyclic amines) is 1. The minimum absolute atomic E-state index is 0.0150. The minimum Gasteiger partial charge on any atom is -0.337 e. The fourth-order valence-electron chi connectivity index (χ4n) is 3.50. The number of halogens is 1. The van der Waals surface area contributed by atoms with Gasteiger partial charge < -0.3 is 9.42 Å². The summed E-state index contributed by atoms with van der Waals surface area (Å²) < 4.78 is 5.52. The van der Waals surface area contributed by atoms with Crippen LogP contribution in [-0.2, 0) is 0 Å². The van der Waals surface area contributed by atoms with Gasteiger partial charge in [-0.1, -0.05) is 46.6 Å². The minimum atomic E-state index is -0.196. The van der Waals surface area contributed by atoms with Crippen LogP contribution in [0, 0.1) is 13.8 Å². The Morgan fingerprint density at radius 3 is 2.89 bits per heavy atom. The lowest BCUT2D eigenvalue weighted by Gasteiger charge is -2.23. The molecule has 0 bridgehead atoms. The number of aryl methyl sites for hydroxylation is 2. The lowest BCUT2D eigenvalue weighted by Crippen LogP contribution is -2.31. The van der Waals surface area contributed by atoms with Crippen LogP contribution in [-0.4, -0.2) is 27.5 Å². The van der Waals surface area contributed by atoms with Gasteiger partial charge in [-0.2, -0.15) is 4.98 Å². The van der Waals surface area contributed by atoms with E-state index in [0.717, 1.165) is 35.1 Å². The molecule has 27 heavy (non-hydrogen) atoms. The van der Waals surface area contributed by atoms with Crippen LogP contribution in [0.3, 0.4) is 0 Å². The first-order valence-electron chi connectivity index (χ1n) is 9.00. The Hall–Kier alpha value is -2.66. The maximum Gasteiger partial charge on any atom is 0.254 e. The van der Waals surface area contributed by atoms with E-state index in [0.29, 0.717) is 23.3 Å². The molecule has 1 aromatic heterocycles. The molecule has 0 saturated carbocycles. The molecule has 5 nitrogen and oxygen atoms in total. The van der Waals surface area contributed by atoms with Gasteiger partial charge in [-0.05, 0) is 50.5 Å². The first-order valence-corrected chi connectivity index (χ1v) is 9.38. The first-order chi connectivity index (χ1) is 13.0. The quantitative estimate of drug-likeness (QED) is 0.641. The van der Waals surface area contributed by atoms with Gasteiger partial charge in [-0.25, -0.2) is 0 Å². The summed E-state index contributed by atoms with van der Waals surface area (Å²) in [6.07, 6.45) is 1.73. The van der Waals surface area contributed by atoms with E-state index in [-0.39, 0.29) is 11.9 Å². The molecule has 0 radical (unpaired) electrons. The van der Waals surface area contributed by atoms with Gasteiger partial charge >= 0.3 is 0 Å². The van der Waals surface area contributed by atoms with Crippen LogP contribution >= 0.6 is 11.6 Å². The zero-order valence-electron chi connectivity index (χ0n) is 15.3. The average molecular weight is 382 g/mol. The summed E-state index contributed by atoms with van der Waals surface area (Å²) in [5.74, 6) is 0.973. The highest BCUT2D eigenvalue weighted by atomic mass is 35.5. The van der Waals surface area contributed by atoms with Crippen LogP contribution < -0.4 is 0 Å². The molecule has 0 N–H and O–H groups in total. The predicted octanol–water partition coefficient (Wildman–Crippen LogP) is 4.98. The highest BCUT2D eigenvalue weighted by Crippen LogP contribution is 2.34. The summed E-state index contributed by atoms with van der Waals surface area (Å²) in [7, 11) is 0. The van der Waals surface area contributed by atoms with Crippen LogP contribution in [0.15, 0.2) is 47.0 Å². The highest BCUT2D eigenvalue weighted by Gasteiger charge is 2.35. The van der Waals surface area contributed by atoms with Gasteiger partial charge in [0.2, 0.25) is 11.7 Å². The van der Waals surface area contributed by atoms with Gasteiger partial charge in [-0.15, -0.1) is 0 Å². The predicted molar refractivity (Wildman–Crippen MR) is 104 cm³/mol. The number of hydrogen-bond donors (Lipinski definition) is 0. The summed E-state index contributed by atoms with van der Waals surface area (Å²) in [5, 5.41) is 4.70. The van der Waals surface area contributed by atoms with Crippen molar-refractivity contribution in [2.75, 3.05) is 6.54 Å². The molecule has 2 aromatic carbocycles. The van der Waals surface area contributed by atoms with Crippen molar-refractivity contribution < 1.29 is 9.32 Å². The number of benzene rings is 2. The van der Waals surface area contributed by atoms with Crippen molar-refractivity contribution in [3.05, 3.63) is 70.1 Å². The number of carbonyl (C=O) groups is 1. The summed E-state index contributed by atoms with van der Waals surface area (Å²) in [6, 6.07) is 13.1. The van der Waals surface area contributed by atoms with Crippen molar-refractivity contribution in [3.8, 4) is 11.4 Å². The fraction of sp³-hybridized carbons (Fsp3) is 0.286. The van der Waals surface area contributed by atoms with Gasteiger partial charge in [0, 0.05) is 22.7 Å². The summed E-state index contributed by atoms with van der Waals surface area (Å²) in [4.78, 5) is 19.5. The Morgan fingerprint density at radius 1 is 1.22 bits per heavy atom. The molecular weight excluding hydrogens is 362 g/mol. The molecule has 1 aliphatic rings. The molecule has 3 aromatic rings. The van der Waals surface area contributed by atoms with Crippen molar-refractivity contribution in [3.63, 3.8) is 0 Å². The van der Waals surface area contributed by atoms with Crippen molar-refractivity contribution in [2.24, 2.45) is 0 Å². The normalized spacial score (nSPS) is 16.7. The Kier molecular flexibility index (Phi) is 4.70. The summed E-state index contributed by atoms with van der Waals surface area (Å²) in [6.45, 7) is 4.64. The van der Waals surface area contributed by atoms with Crippen LogP contribution in [0.5, 0.6) is 0 Å². The van der Waals surface area contributed by atoms with E-state index in [1.807, 2.05) is 49.1 Å². The molecule has 4 rings (SSSR count). The molecule has 1 atom stereocenters. The first kappa shape index (κ1) is 17.7. The molecule has 0 unspecified atom stereocenters. The number of aromatic nitrogens is 2. The van der Waals surface area contributed by atoms with E-state index >= 15 is 0 Å². The molecule has 1 amide bonds. The summed E-state index contributed by atoms with van der Waals surface area (Å²) in [5.41, 5.74) is 3.57. The highest BCUT2D eigenvalue weighted by molar-refractivity contribution is 6.30. The second-order valence-corrected chi connectivity index (χ2v) is 7.38. The molecule has 0 aliphatic carbocycles. The van der Waals surface area contributed by atoms with E-state index in [4.69, 9.17) is 16.1 Å². The van der Waals surface area contributed by atoms with Crippen molar-refractivity contribution in [1.82, 2.24) is 15.0 Å². The van der Waals surface area contributed by atoms with E-state index in [2.05, 4.69) is 10.1 Å². The monoisotopic (exact) mass is 381 g/mol. The Balaban J connectivity index is 1.62. The molecule has 1 saturated heterocycles. The van der Waals surface area contributed by atoms with Crippen molar-refractivity contribution >= 4 is 17.5 Å². The third-order valence-electron chi connectivity index (χ3n) is 4.95. The molecule has 1 fully saturated rings. The molecule has 138 valence electrons. The van der Waals surface area contributed by atoms with E-state index in [1.54, 1.807) is 12.1 Å². The maximum absolute atomic E-state index is 13.1. The topological polar surface area (TPSA) is 59.2 Å². The van der Waals surface area contributed by atoms with Gasteiger partial charge in [0.25, 0.3) is 5.91 Å². The average Bonchev–Trinajstić information content (AvgIpc) is 3.32. The van der Waals surface area contributed by atoms with Gasteiger partial charge in [0.1, 0.15) is 6.04 Å². The van der Waals surface area contributed by atoms with Crippen LogP contribution in [0.1, 0.15) is 46.3 Å². The van der Waals surface area contributed by atoms with Crippen LogP contribution in [0.2, 0.25) is 5.02 Å². The third kappa shape index (κ3) is 3.47. The zero-order valence-corrected chi connectivity index (χ0v) is 16.0. The Morgan fingerprint density at radius 2 is 2.07 bits per heavy atom. The number of rotatable bonds is 3. The van der Waals surface area contributed by atoms with Crippen molar-refractivity contribution in [1.29, 1.82) is 0 Å². The van der Waals surface area contributed by atoms with Gasteiger partial charge in [0.15, 0.2) is 0 Å². The van der Waals surface area contributed by atoms with E-state index < -0.39 is 0 Å². The molecule has 2 heterocycles. The lowest BCUT2D eigenvalue weighted by molar-refractivity contribution is 0.0709. The second kappa shape index (κ2) is 7.16. The van der Waals surface area contributed by atoms with E-state index in [1.165, 1.54) is 0 Å². The smallest absolute Gasteiger partial charge is 0.254 e. The third-order valence-corrected chi connectivity index (χ3v) is 5.18. The number of carbonyl (C=O) groups excluding carboxylic acids is 1. The molecular formula is C21H20ClN3O2. The van der Waals surface area contributed by atoms with Crippen LogP contribution in [0.25, 0.3) is 11.4 Å². The van der Waals surface area contributed by atoms with Crippen LogP contribution in [0.4, 0.5) is 0 Å². The number of hydrogen-bond acceptors (Lipinski definition) is 4. The van der Waals surface area contributed by atoms with E-state index in [9.17, 15) is 4.79 Å². The standard InChI is InChI=1S/C21H20ClN3O2/c1-13-8-9-14(2)17(11-13)21(26)25-10-4-7-18(25)20-23-19(24-27-20)15-5-3-6-16(22)12-15/h3,5-6,8-9,11-12,18H,4,7,10H2,1-2H3/t18-/m1/s1. The number of amides is 1. The second-order valence-electron chi connectivity index (χ2n) is 6.94. The largest absolute Gasteiger partial charge is 0.337 e. The molecule has 0 spiro atoms. The maximum atomic E-state index is 13.1. The zero-order chi connectivity index (χ0) is 19.0. The van der Waals surface area contributed by atoms with Gasteiger partial charge in [0.05, 0.1) is 0 Å². The number of nitrogens with zero attached hydrogens (tertiary/aromatic N) is 3. The van der Waals surface area contributed by atoms with Gasteiger partial charge in [-0.3, -0.25) is 4.79 Å². The fourth-order valence-corrected chi connectivity index (χ4v) is 3.69. The lowest BCUT2D eigenvalue weighted by atomic mass is 10.0.